The van der Waals surface area contributed by atoms with E-state index in [1.54, 1.807) is 7.11 Å². The summed E-state index contributed by atoms with van der Waals surface area (Å²) in [5, 5.41) is 11.6. The lowest BCUT2D eigenvalue weighted by atomic mass is 9.99. The lowest BCUT2D eigenvalue weighted by molar-refractivity contribution is 0.171. The van der Waals surface area contributed by atoms with E-state index in [0.717, 1.165) is 55.4 Å². The predicted molar refractivity (Wildman–Crippen MR) is 82.7 cm³/mol. The zero-order chi connectivity index (χ0) is 15.6. The number of rotatable bonds is 5. The Balaban J connectivity index is 1.35. The van der Waals surface area contributed by atoms with Gasteiger partial charge in [-0.2, -0.15) is 0 Å². The van der Waals surface area contributed by atoms with Gasteiger partial charge < -0.3 is 24.1 Å². The van der Waals surface area contributed by atoms with E-state index in [1.165, 1.54) is 0 Å². The number of nitrogens with one attached hydrogen (secondary N) is 1. The Hall–Kier alpha value is -2.28. The molecule has 1 unspecified atom stereocenters. The SMILES string of the molecule is COc1cc(CNCC2CCc3nncn3C2)cc2c1OCO2. The lowest BCUT2D eigenvalue weighted by Gasteiger charge is -2.23. The molecule has 0 fully saturated rings. The fourth-order valence-electron chi connectivity index (χ4n) is 3.20. The minimum atomic E-state index is 0.256. The summed E-state index contributed by atoms with van der Waals surface area (Å²) in [6.45, 7) is 2.98. The second kappa shape index (κ2) is 6.08. The van der Waals surface area contributed by atoms with Crippen LogP contribution in [-0.4, -0.2) is 35.2 Å². The van der Waals surface area contributed by atoms with Gasteiger partial charge in [0.15, 0.2) is 11.5 Å². The third kappa shape index (κ3) is 2.84. The van der Waals surface area contributed by atoms with Gasteiger partial charge in [-0.3, -0.25) is 0 Å². The van der Waals surface area contributed by atoms with E-state index in [-0.39, 0.29) is 6.79 Å². The highest BCUT2D eigenvalue weighted by molar-refractivity contribution is 5.55. The van der Waals surface area contributed by atoms with E-state index in [0.29, 0.717) is 11.7 Å². The molecule has 0 aliphatic carbocycles. The first-order valence-corrected chi connectivity index (χ1v) is 7.87. The molecule has 2 aromatic rings. The number of nitrogens with zero attached hydrogens (tertiary/aromatic N) is 3. The first kappa shape index (κ1) is 14.3. The summed E-state index contributed by atoms with van der Waals surface area (Å²) in [6.07, 6.45) is 3.98. The molecule has 0 bridgehead atoms. The summed E-state index contributed by atoms with van der Waals surface area (Å²) >= 11 is 0. The molecular weight excluding hydrogens is 296 g/mol. The maximum Gasteiger partial charge on any atom is 0.231 e. The van der Waals surface area contributed by atoms with Crippen LogP contribution in [-0.2, 0) is 19.5 Å². The van der Waals surface area contributed by atoms with E-state index in [1.807, 2.05) is 18.5 Å². The van der Waals surface area contributed by atoms with Gasteiger partial charge in [0.25, 0.3) is 0 Å². The van der Waals surface area contributed by atoms with Gasteiger partial charge in [0, 0.05) is 19.5 Å². The van der Waals surface area contributed by atoms with Gasteiger partial charge in [-0.1, -0.05) is 0 Å². The van der Waals surface area contributed by atoms with Crippen molar-refractivity contribution in [2.45, 2.75) is 25.9 Å². The van der Waals surface area contributed by atoms with Crippen molar-refractivity contribution in [2.75, 3.05) is 20.4 Å². The minimum absolute atomic E-state index is 0.256. The highest BCUT2D eigenvalue weighted by atomic mass is 16.7. The van der Waals surface area contributed by atoms with Crippen molar-refractivity contribution in [1.29, 1.82) is 0 Å². The summed E-state index contributed by atoms with van der Waals surface area (Å²) in [7, 11) is 1.65. The Bertz CT molecular complexity index is 701. The quantitative estimate of drug-likeness (QED) is 0.898. The van der Waals surface area contributed by atoms with E-state index in [9.17, 15) is 0 Å². The van der Waals surface area contributed by atoms with Gasteiger partial charge in [0.05, 0.1) is 7.11 Å². The number of aryl methyl sites for hydroxylation is 1. The van der Waals surface area contributed by atoms with Crippen LogP contribution in [0.25, 0.3) is 0 Å². The average molecular weight is 316 g/mol. The second-order valence-corrected chi connectivity index (χ2v) is 5.97. The van der Waals surface area contributed by atoms with Crippen LogP contribution < -0.4 is 19.5 Å². The summed E-state index contributed by atoms with van der Waals surface area (Å²) in [5.41, 5.74) is 1.13. The van der Waals surface area contributed by atoms with Crippen LogP contribution in [0.15, 0.2) is 18.5 Å². The van der Waals surface area contributed by atoms with Crippen molar-refractivity contribution in [3.05, 3.63) is 29.8 Å². The van der Waals surface area contributed by atoms with Crippen LogP contribution in [0, 0.1) is 5.92 Å². The Labute approximate surface area is 134 Å². The Kier molecular flexibility index (Phi) is 3.78. The molecule has 0 saturated heterocycles. The van der Waals surface area contributed by atoms with E-state index in [2.05, 4.69) is 20.1 Å². The topological polar surface area (TPSA) is 70.4 Å². The molecule has 0 spiro atoms. The zero-order valence-corrected chi connectivity index (χ0v) is 13.1. The molecule has 2 aliphatic heterocycles. The van der Waals surface area contributed by atoms with E-state index >= 15 is 0 Å². The Morgan fingerprint density at radius 1 is 1.39 bits per heavy atom. The monoisotopic (exact) mass is 316 g/mol. The maximum atomic E-state index is 5.46. The second-order valence-electron chi connectivity index (χ2n) is 5.97. The fraction of sp³-hybridized carbons (Fsp3) is 0.500. The van der Waals surface area contributed by atoms with E-state index in [4.69, 9.17) is 14.2 Å². The number of hydrogen-bond acceptors (Lipinski definition) is 6. The molecule has 1 N–H and O–H groups in total. The Morgan fingerprint density at radius 2 is 2.35 bits per heavy atom. The standard InChI is InChI=1S/C16H20N4O3/c1-21-13-4-12(5-14-16(13)23-10-22-14)7-17-6-11-2-3-15-19-18-9-20(15)8-11/h4-5,9,11,17H,2-3,6-8,10H2,1H3. The average Bonchev–Trinajstić information content (AvgIpc) is 3.22. The molecular formula is C16H20N4O3. The van der Waals surface area contributed by atoms with Crippen LogP contribution in [0.5, 0.6) is 17.2 Å². The molecule has 7 heteroatoms. The van der Waals surface area contributed by atoms with Crippen molar-refractivity contribution < 1.29 is 14.2 Å². The van der Waals surface area contributed by atoms with Gasteiger partial charge >= 0.3 is 0 Å². The normalized spacial score (nSPS) is 18.7. The van der Waals surface area contributed by atoms with Crippen molar-refractivity contribution in [2.24, 2.45) is 5.92 Å². The lowest BCUT2D eigenvalue weighted by Crippen LogP contribution is -2.29. The van der Waals surface area contributed by atoms with Gasteiger partial charge in [-0.05, 0) is 36.6 Å². The molecule has 23 heavy (non-hydrogen) atoms. The third-order valence-corrected chi connectivity index (χ3v) is 4.41. The Morgan fingerprint density at radius 3 is 3.26 bits per heavy atom. The smallest absolute Gasteiger partial charge is 0.231 e. The largest absolute Gasteiger partial charge is 0.493 e. The molecule has 4 rings (SSSR count). The van der Waals surface area contributed by atoms with Gasteiger partial charge in [0.1, 0.15) is 12.2 Å². The predicted octanol–water partition coefficient (Wildman–Crippen LogP) is 1.37. The molecule has 122 valence electrons. The van der Waals surface area contributed by atoms with Crippen LogP contribution in [0.1, 0.15) is 17.8 Å². The molecule has 1 atom stereocenters. The fourth-order valence-corrected chi connectivity index (χ4v) is 3.20. The highest BCUT2D eigenvalue weighted by Crippen LogP contribution is 2.41. The van der Waals surface area contributed by atoms with Crippen molar-refractivity contribution in [1.82, 2.24) is 20.1 Å². The zero-order valence-electron chi connectivity index (χ0n) is 13.1. The molecule has 0 radical (unpaired) electrons. The molecule has 3 heterocycles. The number of fused-ring (bicyclic) bond motifs is 2. The summed E-state index contributed by atoms with van der Waals surface area (Å²) in [5.74, 6) is 3.89. The van der Waals surface area contributed by atoms with Crippen molar-refractivity contribution in [3.8, 4) is 17.2 Å². The summed E-state index contributed by atoms with van der Waals surface area (Å²) in [4.78, 5) is 0. The van der Waals surface area contributed by atoms with Gasteiger partial charge in [0.2, 0.25) is 12.5 Å². The summed E-state index contributed by atoms with van der Waals surface area (Å²) < 4.78 is 18.4. The van der Waals surface area contributed by atoms with Crippen molar-refractivity contribution in [3.63, 3.8) is 0 Å². The number of hydrogen-bond donors (Lipinski definition) is 1. The first-order valence-electron chi connectivity index (χ1n) is 7.87. The number of aromatic nitrogens is 3. The maximum absolute atomic E-state index is 5.46. The van der Waals surface area contributed by atoms with Crippen LogP contribution in [0.3, 0.4) is 0 Å². The molecule has 0 amide bonds. The molecule has 7 nitrogen and oxygen atoms in total. The van der Waals surface area contributed by atoms with Crippen LogP contribution in [0.4, 0.5) is 0 Å². The molecule has 0 saturated carbocycles. The molecule has 1 aromatic carbocycles. The minimum Gasteiger partial charge on any atom is -0.493 e. The highest BCUT2D eigenvalue weighted by Gasteiger charge is 2.21. The first-order chi connectivity index (χ1) is 11.3. The van der Waals surface area contributed by atoms with Gasteiger partial charge in [-0.25, -0.2) is 0 Å². The van der Waals surface area contributed by atoms with Gasteiger partial charge in [-0.15, -0.1) is 10.2 Å². The van der Waals surface area contributed by atoms with Crippen LogP contribution >= 0.6 is 0 Å². The summed E-state index contributed by atoms with van der Waals surface area (Å²) in [6, 6.07) is 4.01. The van der Waals surface area contributed by atoms with Crippen LogP contribution in [0.2, 0.25) is 0 Å². The number of benzene rings is 1. The molecule has 1 aromatic heterocycles. The molecule has 2 aliphatic rings. The van der Waals surface area contributed by atoms with Crippen molar-refractivity contribution >= 4 is 0 Å². The third-order valence-electron chi connectivity index (χ3n) is 4.41. The van der Waals surface area contributed by atoms with E-state index < -0.39 is 0 Å². The number of methoxy groups -OCH3 is 1. The number of ether oxygens (including phenoxy) is 3.